The molecule has 6 heteroatoms. The van der Waals surface area contributed by atoms with Crippen LogP contribution in [0.15, 0.2) is 53.9 Å². The minimum atomic E-state index is 0.176. The molecule has 4 nitrogen and oxygen atoms in total. The molecule has 0 amide bonds. The second-order valence-corrected chi connectivity index (χ2v) is 6.89. The van der Waals surface area contributed by atoms with Crippen molar-refractivity contribution in [2.75, 3.05) is 5.32 Å². The average molecular weight is 368 g/mol. The van der Waals surface area contributed by atoms with Gasteiger partial charge in [-0.15, -0.1) is 11.3 Å². The van der Waals surface area contributed by atoms with Crippen molar-refractivity contribution in [3.05, 3.63) is 64.8 Å². The van der Waals surface area contributed by atoms with E-state index in [1.807, 2.05) is 43.3 Å². The molecule has 4 rings (SSSR count). The van der Waals surface area contributed by atoms with E-state index in [0.717, 1.165) is 21.3 Å². The summed E-state index contributed by atoms with van der Waals surface area (Å²) in [5.74, 6) is 1.53. The van der Waals surface area contributed by atoms with Crippen molar-refractivity contribution in [2.45, 2.75) is 6.92 Å². The predicted octanol–water partition coefficient (Wildman–Crippen LogP) is 5.77. The summed E-state index contributed by atoms with van der Waals surface area (Å²) in [6.07, 6.45) is 0. The molecule has 2 heterocycles. The molecular weight excluding hydrogens is 354 g/mol. The second-order valence-electron chi connectivity index (χ2n) is 5.60. The number of benzene rings is 2. The number of nitrogens with zero attached hydrogens (tertiary/aromatic N) is 2. The lowest BCUT2D eigenvalue weighted by atomic mass is 10.1. The largest absolute Gasteiger partial charge is 0.506 e. The van der Waals surface area contributed by atoms with Gasteiger partial charge in [-0.05, 0) is 36.8 Å². The molecule has 0 radical (unpaired) electrons. The van der Waals surface area contributed by atoms with E-state index in [0.29, 0.717) is 22.4 Å². The monoisotopic (exact) mass is 367 g/mol. The van der Waals surface area contributed by atoms with E-state index in [2.05, 4.69) is 20.7 Å². The molecular formula is C19H14ClN3OS. The summed E-state index contributed by atoms with van der Waals surface area (Å²) in [5.41, 5.74) is 2.69. The van der Waals surface area contributed by atoms with Gasteiger partial charge in [0.15, 0.2) is 0 Å². The molecule has 2 N–H and O–H groups in total. The highest BCUT2D eigenvalue weighted by molar-refractivity contribution is 7.17. The fraction of sp³-hybridized carbons (Fsp3) is 0.0526. The molecule has 2 aromatic heterocycles. The van der Waals surface area contributed by atoms with Gasteiger partial charge in [0.1, 0.15) is 22.2 Å². The number of halogens is 1. The minimum Gasteiger partial charge on any atom is -0.506 e. The smallest absolute Gasteiger partial charge is 0.143 e. The Morgan fingerprint density at radius 1 is 1.04 bits per heavy atom. The standard InChI is InChI=1S/C19H14ClN3OS/c1-11-21-18(23-15-4-2-3-5-16(15)24)17-14(10-25-19(17)22-11)12-6-8-13(20)9-7-12/h2-10,24H,1H3,(H,21,22,23). The van der Waals surface area contributed by atoms with Gasteiger partial charge in [0.05, 0.1) is 11.1 Å². The molecule has 25 heavy (non-hydrogen) atoms. The summed E-state index contributed by atoms with van der Waals surface area (Å²) in [5, 5.41) is 17.0. The summed E-state index contributed by atoms with van der Waals surface area (Å²) in [4.78, 5) is 10.0. The first-order chi connectivity index (χ1) is 12.1. The van der Waals surface area contributed by atoms with Gasteiger partial charge >= 0.3 is 0 Å². The summed E-state index contributed by atoms with van der Waals surface area (Å²) in [7, 11) is 0. The number of anilines is 2. The van der Waals surface area contributed by atoms with Gasteiger partial charge in [-0.25, -0.2) is 9.97 Å². The number of phenolic OH excluding ortho intramolecular Hbond substituents is 1. The maximum Gasteiger partial charge on any atom is 0.143 e. The molecule has 2 aromatic carbocycles. The van der Waals surface area contributed by atoms with E-state index >= 15 is 0 Å². The third-order valence-electron chi connectivity index (χ3n) is 3.86. The zero-order chi connectivity index (χ0) is 17.4. The van der Waals surface area contributed by atoms with Gasteiger partial charge in [0.25, 0.3) is 0 Å². The first-order valence-corrected chi connectivity index (χ1v) is 8.94. The molecule has 0 aliphatic rings. The maximum atomic E-state index is 10.1. The maximum absolute atomic E-state index is 10.1. The first-order valence-electron chi connectivity index (χ1n) is 7.68. The molecule has 0 fully saturated rings. The van der Waals surface area contributed by atoms with E-state index in [1.54, 1.807) is 23.5 Å². The van der Waals surface area contributed by atoms with Crippen molar-refractivity contribution in [1.29, 1.82) is 0 Å². The Labute approximate surface area is 153 Å². The number of aromatic nitrogens is 2. The van der Waals surface area contributed by atoms with Crippen molar-refractivity contribution in [1.82, 2.24) is 9.97 Å². The second kappa shape index (κ2) is 6.35. The van der Waals surface area contributed by atoms with Crippen molar-refractivity contribution in [3.63, 3.8) is 0 Å². The summed E-state index contributed by atoms with van der Waals surface area (Å²) in [6.45, 7) is 1.86. The van der Waals surface area contributed by atoms with Gasteiger partial charge in [-0.2, -0.15) is 0 Å². The predicted molar refractivity (Wildman–Crippen MR) is 104 cm³/mol. The topological polar surface area (TPSA) is 58.0 Å². The van der Waals surface area contributed by atoms with Crippen molar-refractivity contribution < 1.29 is 5.11 Å². The summed E-state index contributed by atoms with van der Waals surface area (Å²) in [6, 6.07) is 14.8. The quantitative estimate of drug-likeness (QED) is 0.451. The molecule has 0 spiro atoms. The third kappa shape index (κ3) is 3.04. The third-order valence-corrected chi connectivity index (χ3v) is 4.98. The number of hydrogen-bond donors (Lipinski definition) is 2. The van der Waals surface area contributed by atoms with Crippen LogP contribution in [-0.2, 0) is 0 Å². The lowest BCUT2D eigenvalue weighted by Crippen LogP contribution is -1.98. The van der Waals surface area contributed by atoms with Crippen LogP contribution < -0.4 is 5.32 Å². The average Bonchev–Trinajstić information content (AvgIpc) is 3.01. The molecule has 4 aromatic rings. The molecule has 0 aliphatic carbocycles. The number of nitrogens with one attached hydrogen (secondary N) is 1. The summed E-state index contributed by atoms with van der Waals surface area (Å²) >= 11 is 7.58. The Balaban J connectivity index is 1.89. The lowest BCUT2D eigenvalue weighted by molar-refractivity contribution is 0.477. The number of aryl methyl sites for hydroxylation is 1. The van der Waals surface area contributed by atoms with Gasteiger partial charge in [0.2, 0.25) is 0 Å². The van der Waals surface area contributed by atoms with Gasteiger partial charge < -0.3 is 10.4 Å². The van der Waals surface area contributed by atoms with Crippen LogP contribution in [0, 0.1) is 6.92 Å². The van der Waals surface area contributed by atoms with E-state index in [1.165, 1.54) is 0 Å². The Bertz CT molecular complexity index is 1060. The highest BCUT2D eigenvalue weighted by Gasteiger charge is 2.15. The first kappa shape index (κ1) is 15.9. The highest BCUT2D eigenvalue weighted by Crippen LogP contribution is 2.39. The van der Waals surface area contributed by atoms with Crippen LogP contribution in [0.25, 0.3) is 21.3 Å². The van der Waals surface area contributed by atoms with Gasteiger partial charge in [0, 0.05) is 16.0 Å². The number of rotatable bonds is 3. The Hall–Kier alpha value is -2.63. The van der Waals surface area contributed by atoms with Crippen molar-refractivity contribution >= 4 is 44.7 Å². The van der Waals surface area contributed by atoms with Crippen LogP contribution in [0.5, 0.6) is 5.75 Å². The number of thiophene rings is 1. The molecule has 0 atom stereocenters. The normalized spacial score (nSPS) is 11.0. The van der Waals surface area contributed by atoms with Gasteiger partial charge in [-0.1, -0.05) is 35.9 Å². The van der Waals surface area contributed by atoms with Crippen molar-refractivity contribution in [3.8, 4) is 16.9 Å². The highest BCUT2D eigenvalue weighted by atomic mass is 35.5. The van der Waals surface area contributed by atoms with Crippen LogP contribution in [0.4, 0.5) is 11.5 Å². The van der Waals surface area contributed by atoms with Crippen LogP contribution >= 0.6 is 22.9 Å². The molecule has 0 unspecified atom stereocenters. The number of aromatic hydroxyl groups is 1. The molecule has 0 saturated carbocycles. The van der Waals surface area contributed by atoms with E-state index < -0.39 is 0 Å². The van der Waals surface area contributed by atoms with E-state index in [9.17, 15) is 5.11 Å². The fourth-order valence-corrected chi connectivity index (χ4v) is 3.81. The van der Waals surface area contributed by atoms with Crippen LogP contribution in [0.2, 0.25) is 5.02 Å². The van der Waals surface area contributed by atoms with Crippen LogP contribution in [-0.4, -0.2) is 15.1 Å². The number of phenols is 1. The lowest BCUT2D eigenvalue weighted by Gasteiger charge is -2.11. The number of para-hydroxylation sites is 2. The molecule has 0 bridgehead atoms. The number of hydrogen-bond acceptors (Lipinski definition) is 5. The fourth-order valence-electron chi connectivity index (χ4n) is 2.69. The Kier molecular flexibility index (Phi) is 4.03. The summed E-state index contributed by atoms with van der Waals surface area (Å²) < 4.78 is 0. The van der Waals surface area contributed by atoms with Crippen molar-refractivity contribution in [2.24, 2.45) is 0 Å². The SMILES string of the molecule is Cc1nc(Nc2ccccc2O)c2c(-c3ccc(Cl)cc3)csc2n1. The Morgan fingerprint density at radius 2 is 1.80 bits per heavy atom. The minimum absolute atomic E-state index is 0.176. The molecule has 0 saturated heterocycles. The van der Waals surface area contributed by atoms with Gasteiger partial charge in [-0.3, -0.25) is 0 Å². The number of fused-ring (bicyclic) bond motifs is 1. The van der Waals surface area contributed by atoms with E-state index in [4.69, 9.17) is 11.6 Å². The molecule has 124 valence electrons. The zero-order valence-corrected chi connectivity index (χ0v) is 14.9. The van der Waals surface area contributed by atoms with E-state index in [-0.39, 0.29) is 5.75 Å². The van der Waals surface area contributed by atoms with Crippen LogP contribution in [0.1, 0.15) is 5.82 Å². The Morgan fingerprint density at radius 3 is 2.56 bits per heavy atom. The van der Waals surface area contributed by atoms with Crippen LogP contribution in [0.3, 0.4) is 0 Å². The molecule has 0 aliphatic heterocycles. The zero-order valence-electron chi connectivity index (χ0n) is 13.3.